The number of methoxy groups -OCH3 is 1. The van der Waals surface area contributed by atoms with Gasteiger partial charge in [0.1, 0.15) is 6.10 Å². The summed E-state index contributed by atoms with van der Waals surface area (Å²) in [5, 5.41) is 6.50. The van der Waals surface area contributed by atoms with Gasteiger partial charge in [0.25, 0.3) is 0 Å². The molecular weight excluding hydrogens is 413 g/mol. The average Bonchev–Trinajstić information content (AvgIpc) is 2.51. The lowest BCUT2D eigenvalue weighted by Gasteiger charge is -2.19. The monoisotopic (exact) mass is 439 g/mol. The number of rotatable bonds is 8. The molecule has 2 N–H and O–H groups in total. The van der Waals surface area contributed by atoms with Crippen molar-refractivity contribution in [2.45, 2.75) is 13.0 Å². The highest BCUT2D eigenvalue weighted by atomic mass is 127. The van der Waals surface area contributed by atoms with Crippen molar-refractivity contribution >= 4 is 41.7 Å². The van der Waals surface area contributed by atoms with Gasteiger partial charge in [0.05, 0.1) is 13.7 Å². The number of hydrogen-bond acceptors (Lipinski definition) is 4. The Hall–Kier alpha value is -0.830. The molecule has 0 amide bonds. The summed E-state index contributed by atoms with van der Waals surface area (Å²) in [4.78, 5) is 4.18. The fourth-order valence-corrected chi connectivity index (χ4v) is 2.01. The molecule has 0 aliphatic rings. The van der Waals surface area contributed by atoms with E-state index in [0.717, 1.165) is 29.8 Å². The zero-order valence-electron chi connectivity index (χ0n) is 13.6. The van der Waals surface area contributed by atoms with Crippen LogP contribution in [0.4, 0.5) is 0 Å². The number of nitrogens with one attached hydrogen (secondary N) is 2. The molecular formula is C15H26IN3O2S. The lowest BCUT2D eigenvalue weighted by Crippen LogP contribution is -2.42. The van der Waals surface area contributed by atoms with Gasteiger partial charge in [-0.3, -0.25) is 4.99 Å². The topological polar surface area (TPSA) is 54.9 Å². The van der Waals surface area contributed by atoms with Gasteiger partial charge in [-0.1, -0.05) is 12.1 Å². The van der Waals surface area contributed by atoms with Gasteiger partial charge in [-0.2, -0.15) is 11.8 Å². The van der Waals surface area contributed by atoms with Crippen molar-refractivity contribution in [3.8, 4) is 11.5 Å². The summed E-state index contributed by atoms with van der Waals surface area (Å²) < 4.78 is 11.2. The second-order valence-electron chi connectivity index (χ2n) is 4.45. The van der Waals surface area contributed by atoms with Gasteiger partial charge < -0.3 is 20.1 Å². The molecule has 126 valence electrons. The van der Waals surface area contributed by atoms with Crippen molar-refractivity contribution in [3.63, 3.8) is 0 Å². The number of hydrogen-bond donors (Lipinski definition) is 2. The fraction of sp³-hybridized carbons (Fsp3) is 0.533. The van der Waals surface area contributed by atoms with Crippen LogP contribution >= 0.6 is 35.7 Å². The van der Waals surface area contributed by atoms with Gasteiger partial charge in [-0.15, -0.1) is 24.0 Å². The van der Waals surface area contributed by atoms with Crippen molar-refractivity contribution in [2.75, 3.05) is 39.3 Å². The first-order valence-electron chi connectivity index (χ1n) is 6.94. The Labute approximate surface area is 154 Å². The van der Waals surface area contributed by atoms with Gasteiger partial charge in [-0.25, -0.2) is 0 Å². The molecule has 0 saturated carbocycles. The number of ether oxygens (including phenoxy) is 2. The molecule has 0 spiro atoms. The first-order chi connectivity index (χ1) is 10.2. The van der Waals surface area contributed by atoms with E-state index >= 15 is 0 Å². The molecule has 0 heterocycles. The van der Waals surface area contributed by atoms with Crippen LogP contribution in [0.15, 0.2) is 29.3 Å². The van der Waals surface area contributed by atoms with Gasteiger partial charge in [0.15, 0.2) is 17.5 Å². The van der Waals surface area contributed by atoms with E-state index in [4.69, 9.17) is 9.47 Å². The predicted octanol–water partition coefficient (Wildman–Crippen LogP) is 2.61. The molecule has 0 bridgehead atoms. The lowest BCUT2D eigenvalue weighted by molar-refractivity contribution is 0.213. The van der Waals surface area contributed by atoms with Crippen LogP contribution in [0.25, 0.3) is 0 Å². The molecule has 0 saturated heterocycles. The first kappa shape index (κ1) is 21.2. The van der Waals surface area contributed by atoms with Crippen molar-refractivity contribution < 1.29 is 9.47 Å². The number of halogens is 1. The third kappa shape index (κ3) is 7.98. The second kappa shape index (κ2) is 12.7. The van der Waals surface area contributed by atoms with E-state index in [0.29, 0.717) is 6.54 Å². The fourth-order valence-electron chi connectivity index (χ4n) is 1.71. The van der Waals surface area contributed by atoms with Crippen LogP contribution in [-0.4, -0.2) is 51.3 Å². The Balaban J connectivity index is 0.00000441. The van der Waals surface area contributed by atoms with Crippen LogP contribution in [0.3, 0.4) is 0 Å². The maximum Gasteiger partial charge on any atom is 0.191 e. The van der Waals surface area contributed by atoms with E-state index in [-0.39, 0.29) is 30.1 Å². The zero-order chi connectivity index (χ0) is 15.5. The highest BCUT2D eigenvalue weighted by Crippen LogP contribution is 2.26. The Kier molecular flexibility index (Phi) is 12.2. The van der Waals surface area contributed by atoms with E-state index in [9.17, 15) is 0 Å². The summed E-state index contributed by atoms with van der Waals surface area (Å²) in [5.41, 5.74) is 0. The van der Waals surface area contributed by atoms with Gasteiger partial charge in [0, 0.05) is 19.3 Å². The maximum atomic E-state index is 5.88. The van der Waals surface area contributed by atoms with Gasteiger partial charge >= 0.3 is 0 Å². The lowest BCUT2D eigenvalue weighted by atomic mass is 10.3. The predicted molar refractivity (Wildman–Crippen MR) is 106 cm³/mol. The van der Waals surface area contributed by atoms with E-state index in [1.807, 2.05) is 31.2 Å². The molecule has 0 radical (unpaired) electrons. The first-order valence-corrected chi connectivity index (χ1v) is 8.33. The third-order valence-corrected chi connectivity index (χ3v) is 3.39. The smallest absolute Gasteiger partial charge is 0.191 e. The van der Waals surface area contributed by atoms with E-state index in [1.165, 1.54) is 0 Å². The number of para-hydroxylation sites is 2. The minimum Gasteiger partial charge on any atom is -0.493 e. The molecule has 0 aromatic heterocycles. The zero-order valence-corrected chi connectivity index (χ0v) is 16.7. The summed E-state index contributed by atoms with van der Waals surface area (Å²) in [6.45, 7) is 3.56. The van der Waals surface area contributed by atoms with Crippen LogP contribution in [0.2, 0.25) is 0 Å². The standard InChI is InChI=1S/C15H25N3O2S.HI/c1-12(11-18-15(16-2)17-9-10-21-4)20-14-8-6-5-7-13(14)19-3;/h5-8,12H,9-11H2,1-4H3,(H2,16,17,18);1H. The van der Waals surface area contributed by atoms with Crippen LogP contribution in [0.5, 0.6) is 11.5 Å². The van der Waals surface area contributed by atoms with Crippen molar-refractivity contribution in [2.24, 2.45) is 4.99 Å². The minimum atomic E-state index is 0. The minimum absolute atomic E-state index is 0. The van der Waals surface area contributed by atoms with Crippen LogP contribution in [0.1, 0.15) is 6.92 Å². The molecule has 5 nitrogen and oxygen atoms in total. The Morgan fingerprint density at radius 3 is 2.55 bits per heavy atom. The van der Waals surface area contributed by atoms with E-state index in [1.54, 1.807) is 25.9 Å². The highest BCUT2D eigenvalue weighted by molar-refractivity contribution is 14.0. The van der Waals surface area contributed by atoms with E-state index in [2.05, 4.69) is 21.9 Å². The molecule has 1 unspecified atom stereocenters. The SMILES string of the molecule is CN=C(NCCSC)NCC(C)Oc1ccccc1OC.I. The summed E-state index contributed by atoms with van der Waals surface area (Å²) in [7, 11) is 3.41. The van der Waals surface area contributed by atoms with E-state index < -0.39 is 0 Å². The highest BCUT2D eigenvalue weighted by Gasteiger charge is 2.09. The maximum absolute atomic E-state index is 5.88. The second-order valence-corrected chi connectivity index (χ2v) is 5.44. The quantitative estimate of drug-likeness (QED) is 0.282. The number of aliphatic imine (C=N–C) groups is 1. The summed E-state index contributed by atoms with van der Waals surface area (Å²) in [5.74, 6) is 3.33. The molecule has 0 aliphatic carbocycles. The van der Waals surface area contributed by atoms with Crippen LogP contribution in [0, 0.1) is 0 Å². The molecule has 0 aliphatic heterocycles. The van der Waals surface area contributed by atoms with Crippen molar-refractivity contribution in [1.29, 1.82) is 0 Å². The van der Waals surface area contributed by atoms with Crippen molar-refractivity contribution in [1.82, 2.24) is 10.6 Å². The van der Waals surface area contributed by atoms with Crippen LogP contribution < -0.4 is 20.1 Å². The Morgan fingerprint density at radius 2 is 1.95 bits per heavy atom. The summed E-state index contributed by atoms with van der Waals surface area (Å²) in [6.07, 6.45) is 2.08. The Morgan fingerprint density at radius 1 is 1.27 bits per heavy atom. The molecule has 1 aromatic carbocycles. The van der Waals surface area contributed by atoms with Gasteiger partial charge in [-0.05, 0) is 25.3 Å². The third-order valence-electron chi connectivity index (χ3n) is 2.78. The molecule has 0 fully saturated rings. The van der Waals surface area contributed by atoms with Gasteiger partial charge in [0.2, 0.25) is 0 Å². The van der Waals surface area contributed by atoms with Crippen LogP contribution in [-0.2, 0) is 0 Å². The molecule has 1 rings (SSSR count). The summed E-state index contributed by atoms with van der Waals surface area (Å²) >= 11 is 1.80. The average molecular weight is 439 g/mol. The number of thioether (sulfide) groups is 1. The summed E-state index contributed by atoms with van der Waals surface area (Å²) in [6, 6.07) is 7.65. The Bertz CT molecular complexity index is 447. The number of guanidine groups is 1. The molecule has 7 heteroatoms. The molecule has 22 heavy (non-hydrogen) atoms. The molecule has 1 atom stereocenters. The normalized spacial score (nSPS) is 12.1. The number of benzene rings is 1. The number of nitrogens with zero attached hydrogens (tertiary/aromatic N) is 1. The molecule has 1 aromatic rings. The largest absolute Gasteiger partial charge is 0.493 e. The van der Waals surface area contributed by atoms with Crippen molar-refractivity contribution in [3.05, 3.63) is 24.3 Å².